The van der Waals surface area contributed by atoms with E-state index in [0.717, 1.165) is 45.3 Å². The van der Waals surface area contributed by atoms with Crippen molar-refractivity contribution >= 4 is 11.6 Å². The Kier molecular flexibility index (Phi) is 6.12. The molecule has 3 rings (SSSR count). The lowest BCUT2D eigenvalue weighted by Gasteiger charge is -2.37. The fraction of sp³-hybridized carbons (Fsp3) is 0.650. The van der Waals surface area contributed by atoms with Crippen molar-refractivity contribution in [3.05, 3.63) is 29.8 Å². The van der Waals surface area contributed by atoms with Gasteiger partial charge in [0.25, 0.3) is 0 Å². The van der Waals surface area contributed by atoms with Gasteiger partial charge < -0.3 is 10.2 Å². The van der Waals surface area contributed by atoms with Crippen LogP contribution in [0.2, 0.25) is 0 Å². The van der Waals surface area contributed by atoms with Crippen LogP contribution in [0.25, 0.3) is 0 Å². The van der Waals surface area contributed by atoms with Crippen molar-refractivity contribution in [2.75, 3.05) is 31.1 Å². The highest BCUT2D eigenvalue weighted by molar-refractivity contribution is 5.81. The molecule has 2 saturated heterocycles. The fourth-order valence-electron chi connectivity index (χ4n) is 4.13. The largest absolute Gasteiger partial charge is 0.371 e. The second-order valence-corrected chi connectivity index (χ2v) is 7.79. The summed E-state index contributed by atoms with van der Waals surface area (Å²) in [6.07, 6.45) is 4.13. The van der Waals surface area contributed by atoms with Crippen molar-refractivity contribution in [3.63, 3.8) is 0 Å². The Balaban J connectivity index is 1.51. The molecule has 1 aromatic rings. The van der Waals surface area contributed by atoms with Gasteiger partial charge in [-0.3, -0.25) is 9.69 Å². The summed E-state index contributed by atoms with van der Waals surface area (Å²) in [6.45, 7) is 7.46. The van der Waals surface area contributed by atoms with Crippen LogP contribution in [0.3, 0.4) is 0 Å². The maximum atomic E-state index is 13.4. The Morgan fingerprint density at radius 3 is 2.73 bits per heavy atom. The Morgan fingerprint density at radius 2 is 2.00 bits per heavy atom. The Bertz CT molecular complexity index is 637. The summed E-state index contributed by atoms with van der Waals surface area (Å²) in [5.74, 6) is -1.17. The molecule has 0 radical (unpaired) electrons. The van der Waals surface area contributed by atoms with Crippen molar-refractivity contribution in [1.82, 2.24) is 10.2 Å². The van der Waals surface area contributed by atoms with Gasteiger partial charge in [0, 0.05) is 37.4 Å². The van der Waals surface area contributed by atoms with Gasteiger partial charge in [0.2, 0.25) is 5.91 Å². The number of likely N-dealkylation sites (tertiary alicyclic amines) is 1. The second-order valence-electron chi connectivity index (χ2n) is 7.79. The molecule has 2 aliphatic rings. The molecule has 0 spiro atoms. The third-order valence-electron chi connectivity index (χ3n) is 5.63. The van der Waals surface area contributed by atoms with Gasteiger partial charge >= 0.3 is 0 Å². The van der Waals surface area contributed by atoms with E-state index in [9.17, 15) is 13.6 Å². The Labute approximate surface area is 154 Å². The zero-order chi connectivity index (χ0) is 18.7. The molecule has 1 amide bonds. The molecule has 2 atom stereocenters. The van der Waals surface area contributed by atoms with Crippen molar-refractivity contribution in [3.8, 4) is 0 Å². The summed E-state index contributed by atoms with van der Waals surface area (Å²) in [5.41, 5.74) is 0.705. The Morgan fingerprint density at radius 1 is 1.19 bits per heavy atom. The summed E-state index contributed by atoms with van der Waals surface area (Å²) in [5, 5.41) is 3.13. The molecule has 4 nitrogen and oxygen atoms in total. The number of carbonyl (C=O) groups excluding carboxylic acids is 1. The molecule has 0 aliphatic carbocycles. The molecule has 1 N–H and O–H groups in total. The lowest BCUT2D eigenvalue weighted by atomic mass is 9.99. The highest BCUT2D eigenvalue weighted by Gasteiger charge is 2.31. The topological polar surface area (TPSA) is 35.6 Å². The molecule has 6 heteroatoms. The molecule has 1 aromatic carbocycles. The van der Waals surface area contributed by atoms with Gasteiger partial charge in [0.15, 0.2) is 11.6 Å². The molecule has 2 heterocycles. The van der Waals surface area contributed by atoms with Crippen LogP contribution in [0.5, 0.6) is 0 Å². The van der Waals surface area contributed by atoms with E-state index in [4.69, 9.17) is 0 Å². The number of rotatable bonds is 5. The third kappa shape index (κ3) is 4.34. The van der Waals surface area contributed by atoms with Crippen molar-refractivity contribution in [2.24, 2.45) is 5.92 Å². The van der Waals surface area contributed by atoms with Crippen molar-refractivity contribution in [2.45, 2.75) is 51.6 Å². The monoisotopic (exact) mass is 365 g/mol. The second kappa shape index (κ2) is 8.33. The van der Waals surface area contributed by atoms with Gasteiger partial charge in [-0.15, -0.1) is 0 Å². The highest BCUT2D eigenvalue weighted by atomic mass is 19.2. The van der Waals surface area contributed by atoms with Gasteiger partial charge in [-0.25, -0.2) is 8.78 Å². The van der Waals surface area contributed by atoms with Crippen molar-refractivity contribution in [1.29, 1.82) is 0 Å². The van der Waals surface area contributed by atoms with Crippen molar-refractivity contribution < 1.29 is 13.6 Å². The highest BCUT2D eigenvalue weighted by Crippen LogP contribution is 2.25. The molecular formula is C20H29F2N3O. The van der Waals surface area contributed by atoms with Gasteiger partial charge in [-0.05, 0) is 57.7 Å². The normalized spacial score (nSPS) is 24.3. The molecular weight excluding hydrogens is 336 g/mol. The summed E-state index contributed by atoms with van der Waals surface area (Å²) in [7, 11) is 0. The first kappa shape index (κ1) is 19.1. The van der Waals surface area contributed by atoms with Crippen LogP contribution in [0.1, 0.15) is 39.5 Å². The molecule has 0 aromatic heterocycles. The van der Waals surface area contributed by atoms with Crippen LogP contribution in [-0.2, 0) is 4.79 Å². The van der Waals surface area contributed by atoms with E-state index in [2.05, 4.69) is 29.0 Å². The quantitative estimate of drug-likeness (QED) is 0.871. The van der Waals surface area contributed by atoms with Crippen LogP contribution < -0.4 is 10.2 Å². The minimum Gasteiger partial charge on any atom is -0.371 e. The molecule has 0 saturated carbocycles. The van der Waals surface area contributed by atoms with E-state index in [-0.39, 0.29) is 11.9 Å². The average molecular weight is 365 g/mol. The standard InChI is InChI=1S/C20H29F2N3O/c1-14(2)25-9-4-3-5-19(25)20(26)23-12-15-8-10-24(13-15)16-6-7-17(21)18(22)11-16/h6-7,11,14-15,19H,3-5,8-10,12-13H2,1-2H3,(H,23,26). The molecule has 144 valence electrons. The van der Waals surface area contributed by atoms with Crippen LogP contribution >= 0.6 is 0 Å². The number of hydrogen-bond acceptors (Lipinski definition) is 3. The average Bonchev–Trinajstić information content (AvgIpc) is 3.11. The SMILES string of the molecule is CC(C)N1CCCCC1C(=O)NCC1CCN(c2ccc(F)c(F)c2)C1. The maximum Gasteiger partial charge on any atom is 0.237 e. The van der Waals surface area contributed by atoms with E-state index in [1.807, 2.05) is 0 Å². The van der Waals surface area contributed by atoms with E-state index in [0.29, 0.717) is 24.2 Å². The molecule has 2 unspecified atom stereocenters. The fourth-order valence-corrected chi connectivity index (χ4v) is 4.13. The van der Waals surface area contributed by atoms with E-state index >= 15 is 0 Å². The molecule has 2 fully saturated rings. The minimum absolute atomic E-state index is 0.0209. The number of halogens is 2. The number of nitrogens with one attached hydrogen (secondary N) is 1. The number of piperidine rings is 1. The first-order valence-electron chi connectivity index (χ1n) is 9.69. The van der Waals surface area contributed by atoms with E-state index in [1.54, 1.807) is 6.07 Å². The summed E-state index contributed by atoms with van der Waals surface area (Å²) < 4.78 is 26.5. The number of anilines is 1. The Hall–Kier alpha value is -1.69. The first-order chi connectivity index (χ1) is 12.5. The zero-order valence-corrected chi connectivity index (χ0v) is 15.7. The molecule has 26 heavy (non-hydrogen) atoms. The number of hydrogen-bond donors (Lipinski definition) is 1. The van der Waals surface area contributed by atoms with E-state index < -0.39 is 11.6 Å². The number of benzene rings is 1. The number of carbonyl (C=O) groups is 1. The van der Waals surface area contributed by atoms with Gasteiger partial charge in [0.1, 0.15) is 0 Å². The predicted molar refractivity (Wildman–Crippen MR) is 99.2 cm³/mol. The van der Waals surface area contributed by atoms with Crippen LogP contribution in [0, 0.1) is 17.6 Å². The predicted octanol–water partition coefficient (Wildman–Crippen LogP) is 3.17. The smallest absolute Gasteiger partial charge is 0.237 e. The van der Waals surface area contributed by atoms with E-state index in [1.165, 1.54) is 12.1 Å². The summed E-state index contributed by atoms with van der Waals surface area (Å²) in [6, 6.07) is 4.39. The summed E-state index contributed by atoms with van der Waals surface area (Å²) in [4.78, 5) is 17.0. The molecule has 0 bridgehead atoms. The minimum atomic E-state index is -0.820. The van der Waals surface area contributed by atoms with Gasteiger partial charge in [-0.2, -0.15) is 0 Å². The summed E-state index contributed by atoms with van der Waals surface area (Å²) >= 11 is 0. The van der Waals surface area contributed by atoms with Gasteiger partial charge in [0.05, 0.1) is 6.04 Å². The third-order valence-corrected chi connectivity index (χ3v) is 5.63. The first-order valence-corrected chi connectivity index (χ1v) is 9.69. The lowest BCUT2D eigenvalue weighted by molar-refractivity contribution is -0.128. The molecule has 2 aliphatic heterocycles. The number of amides is 1. The maximum absolute atomic E-state index is 13.4. The van der Waals surface area contributed by atoms with Crippen LogP contribution in [0.15, 0.2) is 18.2 Å². The lowest BCUT2D eigenvalue weighted by Crippen LogP contribution is -2.52. The number of nitrogens with zero attached hydrogens (tertiary/aromatic N) is 2. The zero-order valence-electron chi connectivity index (χ0n) is 15.7. The van der Waals surface area contributed by atoms with Crippen LogP contribution in [0.4, 0.5) is 14.5 Å². The van der Waals surface area contributed by atoms with Crippen LogP contribution in [-0.4, -0.2) is 49.1 Å². The van der Waals surface area contributed by atoms with Gasteiger partial charge in [-0.1, -0.05) is 6.42 Å².